The van der Waals surface area contributed by atoms with E-state index in [0.717, 1.165) is 24.3 Å². The largest absolute Gasteiger partial charge is 1.00 e. The van der Waals surface area contributed by atoms with Gasteiger partial charge >= 0.3 is 6.18 Å². The quantitative estimate of drug-likeness (QED) is 0.669. The highest BCUT2D eigenvalue weighted by molar-refractivity contribution is 6.32. The molecule has 0 aromatic heterocycles. The molecule has 0 atom stereocenters. The molecule has 0 aliphatic rings. The standard InChI is InChI=1S/C13H8ClF4NO.ClH/c14-9-3-1-7(13(16,17)18)5-12(9)20-8-2-4-11(19)10(15)6-8;/h1-6H,19H2;1H/p-1. The van der Waals surface area contributed by atoms with Crippen LogP contribution >= 0.6 is 11.6 Å². The Labute approximate surface area is 128 Å². The number of hydrogen-bond donors (Lipinski definition) is 1. The Morgan fingerprint density at radius 3 is 2.29 bits per heavy atom. The van der Waals surface area contributed by atoms with Gasteiger partial charge in [0.2, 0.25) is 0 Å². The van der Waals surface area contributed by atoms with E-state index < -0.39 is 17.6 Å². The zero-order valence-electron chi connectivity index (χ0n) is 10.2. The molecule has 114 valence electrons. The summed E-state index contributed by atoms with van der Waals surface area (Å²) < 4.78 is 56.1. The average molecular weight is 341 g/mol. The molecule has 21 heavy (non-hydrogen) atoms. The van der Waals surface area contributed by atoms with Gasteiger partial charge in [-0.1, -0.05) is 11.6 Å². The molecule has 0 amide bonds. The Morgan fingerprint density at radius 1 is 1.05 bits per heavy atom. The lowest BCUT2D eigenvalue weighted by Gasteiger charge is -2.12. The van der Waals surface area contributed by atoms with Crippen molar-refractivity contribution in [2.75, 3.05) is 5.73 Å². The topological polar surface area (TPSA) is 35.2 Å². The predicted octanol–water partition coefficient (Wildman–Crippen LogP) is 1.88. The summed E-state index contributed by atoms with van der Waals surface area (Å²) in [7, 11) is 0. The first kappa shape index (κ1) is 17.4. The first-order valence-electron chi connectivity index (χ1n) is 5.37. The van der Waals surface area contributed by atoms with Crippen molar-refractivity contribution in [3.05, 3.63) is 52.8 Å². The number of anilines is 1. The highest BCUT2D eigenvalue weighted by atomic mass is 35.5. The number of halogens is 6. The summed E-state index contributed by atoms with van der Waals surface area (Å²) in [5, 5.41) is -0.0183. The molecule has 2 N–H and O–H groups in total. The zero-order chi connectivity index (χ0) is 14.9. The summed E-state index contributed by atoms with van der Waals surface area (Å²) in [5.74, 6) is -0.950. The minimum absolute atomic E-state index is 0. The van der Waals surface area contributed by atoms with Gasteiger partial charge in [-0.3, -0.25) is 0 Å². The highest BCUT2D eigenvalue weighted by Crippen LogP contribution is 2.37. The van der Waals surface area contributed by atoms with Gasteiger partial charge in [-0.05, 0) is 30.3 Å². The van der Waals surface area contributed by atoms with E-state index in [2.05, 4.69) is 0 Å². The van der Waals surface area contributed by atoms with E-state index in [1.165, 1.54) is 12.1 Å². The average Bonchev–Trinajstić information content (AvgIpc) is 2.35. The van der Waals surface area contributed by atoms with Crippen molar-refractivity contribution in [2.45, 2.75) is 6.18 Å². The minimum Gasteiger partial charge on any atom is -1.00 e. The zero-order valence-corrected chi connectivity index (χ0v) is 11.7. The van der Waals surface area contributed by atoms with Gasteiger partial charge in [-0.25, -0.2) is 4.39 Å². The lowest BCUT2D eigenvalue weighted by Crippen LogP contribution is -3.00. The molecule has 2 aromatic carbocycles. The van der Waals surface area contributed by atoms with Crippen LogP contribution in [0.1, 0.15) is 5.56 Å². The summed E-state index contributed by atoms with van der Waals surface area (Å²) in [5.41, 5.74) is 4.29. The van der Waals surface area contributed by atoms with Gasteiger partial charge in [0.25, 0.3) is 0 Å². The number of nitrogens with two attached hydrogens (primary N) is 1. The van der Waals surface area contributed by atoms with Crippen LogP contribution < -0.4 is 22.9 Å². The van der Waals surface area contributed by atoms with Gasteiger partial charge in [0.15, 0.2) is 0 Å². The van der Waals surface area contributed by atoms with Crippen molar-refractivity contribution >= 4 is 17.3 Å². The van der Waals surface area contributed by atoms with Crippen molar-refractivity contribution in [1.29, 1.82) is 0 Å². The van der Waals surface area contributed by atoms with Crippen LogP contribution in [0.5, 0.6) is 11.5 Å². The van der Waals surface area contributed by atoms with Crippen molar-refractivity contribution in [3.8, 4) is 11.5 Å². The lowest BCUT2D eigenvalue weighted by atomic mass is 10.2. The van der Waals surface area contributed by atoms with Crippen LogP contribution in [-0.2, 0) is 6.18 Å². The van der Waals surface area contributed by atoms with E-state index in [4.69, 9.17) is 22.1 Å². The summed E-state index contributed by atoms with van der Waals surface area (Å²) in [6.07, 6.45) is -4.52. The molecule has 0 fully saturated rings. The summed E-state index contributed by atoms with van der Waals surface area (Å²) in [6.45, 7) is 0. The maximum atomic E-state index is 13.2. The second kappa shape index (κ2) is 6.41. The fourth-order valence-corrected chi connectivity index (χ4v) is 1.61. The van der Waals surface area contributed by atoms with Gasteiger partial charge in [0, 0.05) is 6.07 Å². The lowest BCUT2D eigenvalue weighted by molar-refractivity contribution is -0.137. The Balaban J connectivity index is 0.00000220. The molecule has 0 aliphatic carbocycles. The molecule has 0 aliphatic heterocycles. The third-order valence-electron chi connectivity index (χ3n) is 2.46. The monoisotopic (exact) mass is 340 g/mol. The summed E-state index contributed by atoms with van der Waals surface area (Å²) >= 11 is 5.76. The van der Waals surface area contributed by atoms with Crippen LogP contribution in [0, 0.1) is 5.82 Å². The maximum Gasteiger partial charge on any atom is 0.416 e. The van der Waals surface area contributed by atoms with Crippen molar-refractivity contribution in [2.24, 2.45) is 0 Å². The Kier molecular flexibility index (Phi) is 5.31. The van der Waals surface area contributed by atoms with Crippen molar-refractivity contribution in [3.63, 3.8) is 0 Å². The molecular formula is C13H8Cl2F4NO-. The van der Waals surface area contributed by atoms with Crippen LogP contribution in [0.25, 0.3) is 0 Å². The van der Waals surface area contributed by atoms with Crippen LogP contribution in [0.2, 0.25) is 5.02 Å². The summed E-state index contributed by atoms with van der Waals surface area (Å²) in [6, 6.07) is 6.18. The summed E-state index contributed by atoms with van der Waals surface area (Å²) in [4.78, 5) is 0. The van der Waals surface area contributed by atoms with Gasteiger partial charge in [-0.2, -0.15) is 13.2 Å². The molecule has 8 heteroatoms. The van der Waals surface area contributed by atoms with E-state index in [-0.39, 0.29) is 34.6 Å². The van der Waals surface area contributed by atoms with E-state index in [1.54, 1.807) is 0 Å². The molecule has 0 saturated heterocycles. The molecule has 0 radical (unpaired) electrons. The van der Waals surface area contributed by atoms with Crippen molar-refractivity contribution in [1.82, 2.24) is 0 Å². The van der Waals surface area contributed by atoms with Crippen LogP contribution in [0.3, 0.4) is 0 Å². The Hall–Kier alpha value is -1.66. The number of alkyl halides is 3. The molecule has 0 spiro atoms. The second-order valence-electron chi connectivity index (χ2n) is 3.93. The van der Waals surface area contributed by atoms with E-state index >= 15 is 0 Å². The van der Waals surface area contributed by atoms with E-state index in [0.29, 0.717) is 0 Å². The number of ether oxygens (including phenoxy) is 1. The fraction of sp³-hybridized carbons (Fsp3) is 0.0769. The van der Waals surface area contributed by atoms with Gasteiger partial charge in [0.05, 0.1) is 16.3 Å². The maximum absolute atomic E-state index is 13.2. The second-order valence-corrected chi connectivity index (χ2v) is 4.34. The minimum atomic E-state index is -4.52. The van der Waals surface area contributed by atoms with Gasteiger partial charge in [-0.15, -0.1) is 0 Å². The predicted molar refractivity (Wildman–Crippen MR) is 67.3 cm³/mol. The Bertz CT molecular complexity index is 647. The molecule has 0 unspecified atom stereocenters. The number of benzene rings is 2. The molecule has 0 bridgehead atoms. The van der Waals surface area contributed by atoms with Crippen LogP contribution in [0.15, 0.2) is 36.4 Å². The first-order chi connectivity index (χ1) is 9.27. The van der Waals surface area contributed by atoms with Crippen LogP contribution in [0.4, 0.5) is 23.2 Å². The number of rotatable bonds is 2. The van der Waals surface area contributed by atoms with Gasteiger partial charge in [0.1, 0.15) is 17.3 Å². The van der Waals surface area contributed by atoms with E-state index in [9.17, 15) is 17.6 Å². The fourth-order valence-electron chi connectivity index (χ4n) is 1.46. The highest BCUT2D eigenvalue weighted by Gasteiger charge is 2.31. The molecule has 2 nitrogen and oxygen atoms in total. The smallest absolute Gasteiger partial charge is 0.416 e. The molecule has 0 saturated carbocycles. The molecule has 2 rings (SSSR count). The van der Waals surface area contributed by atoms with Crippen LogP contribution in [-0.4, -0.2) is 0 Å². The first-order valence-corrected chi connectivity index (χ1v) is 5.75. The molecular weight excluding hydrogens is 333 g/mol. The number of hydrogen-bond acceptors (Lipinski definition) is 2. The molecule has 0 heterocycles. The Morgan fingerprint density at radius 2 is 1.71 bits per heavy atom. The third kappa shape index (κ3) is 4.15. The third-order valence-corrected chi connectivity index (χ3v) is 2.77. The van der Waals surface area contributed by atoms with Gasteiger partial charge < -0.3 is 22.9 Å². The van der Waals surface area contributed by atoms with E-state index in [1.807, 2.05) is 0 Å². The number of nitrogen functional groups attached to an aromatic ring is 1. The normalized spacial score (nSPS) is 10.9. The SMILES string of the molecule is Nc1ccc(Oc2cc(C(F)(F)F)ccc2Cl)cc1F.[Cl-]. The molecule has 2 aromatic rings. The van der Waals surface area contributed by atoms with Crippen molar-refractivity contribution < 1.29 is 34.7 Å².